The standard InChI is InChI=1S/C21H39N3O4/c1-10-21(22,11-2)19(28)23-16(20(6,7)8)17(25)24(9)15(13(3)4)12-14(5)18(26)27/h12-13,15-16H,10-11,22H2,1-9H3,(H,23,28)(H,26,27)/t15-,16-/m1/s1. The van der Waals surface area contributed by atoms with Gasteiger partial charge in [-0.15, -0.1) is 0 Å². The summed E-state index contributed by atoms with van der Waals surface area (Å²) in [5.41, 5.74) is 4.80. The Hall–Kier alpha value is -1.89. The van der Waals surface area contributed by atoms with E-state index in [1.54, 1.807) is 13.1 Å². The Bertz CT molecular complexity index is 601. The van der Waals surface area contributed by atoms with E-state index in [0.29, 0.717) is 12.8 Å². The molecule has 0 radical (unpaired) electrons. The normalized spacial score (nSPS) is 15.2. The Labute approximate surface area is 169 Å². The molecule has 0 aliphatic rings. The minimum Gasteiger partial charge on any atom is -0.478 e. The molecule has 0 aliphatic carbocycles. The van der Waals surface area contributed by atoms with Crippen molar-refractivity contribution in [2.24, 2.45) is 17.1 Å². The van der Waals surface area contributed by atoms with Crippen LogP contribution in [0.25, 0.3) is 0 Å². The molecule has 0 aromatic carbocycles. The summed E-state index contributed by atoms with van der Waals surface area (Å²) in [6.45, 7) is 14.7. The largest absolute Gasteiger partial charge is 0.478 e. The lowest BCUT2D eigenvalue weighted by Gasteiger charge is -2.39. The van der Waals surface area contributed by atoms with Crippen molar-refractivity contribution in [2.75, 3.05) is 7.05 Å². The van der Waals surface area contributed by atoms with Gasteiger partial charge in [-0.2, -0.15) is 0 Å². The highest BCUT2D eigenvalue weighted by Crippen LogP contribution is 2.25. The molecule has 4 N–H and O–H groups in total. The van der Waals surface area contributed by atoms with Gasteiger partial charge in [0.25, 0.3) is 0 Å². The molecule has 0 saturated carbocycles. The summed E-state index contributed by atoms with van der Waals surface area (Å²) >= 11 is 0. The SMILES string of the molecule is CCC(N)(CC)C(=O)N[C@H](C(=O)N(C)[C@H](C=C(C)C(=O)O)C(C)C)C(C)(C)C. The molecule has 0 aromatic rings. The van der Waals surface area contributed by atoms with Gasteiger partial charge in [0, 0.05) is 12.6 Å². The topological polar surface area (TPSA) is 113 Å². The molecule has 0 bridgehead atoms. The van der Waals surface area contributed by atoms with Gasteiger partial charge in [-0.1, -0.05) is 54.5 Å². The van der Waals surface area contributed by atoms with E-state index in [4.69, 9.17) is 5.73 Å². The van der Waals surface area contributed by atoms with Crippen LogP contribution in [0, 0.1) is 11.3 Å². The molecule has 7 heteroatoms. The van der Waals surface area contributed by atoms with Gasteiger partial charge in [0.2, 0.25) is 11.8 Å². The number of carbonyl (C=O) groups excluding carboxylic acids is 2. The number of likely N-dealkylation sites (N-methyl/N-ethyl adjacent to an activating group) is 1. The van der Waals surface area contributed by atoms with E-state index in [-0.39, 0.29) is 23.3 Å². The van der Waals surface area contributed by atoms with Gasteiger partial charge in [-0.3, -0.25) is 9.59 Å². The van der Waals surface area contributed by atoms with Crippen LogP contribution in [-0.4, -0.2) is 52.5 Å². The summed E-state index contributed by atoms with van der Waals surface area (Å²) in [4.78, 5) is 38.8. The predicted molar refractivity (Wildman–Crippen MR) is 112 cm³/mol. The lowest BCUT2D eigenvalue weighted by molar-refractivity contribution is -0.141. The second-order valence-corrected chi connectivity index (χ2v) is 8.97. The van der Waals surface area contributed by atoms with Crippen LogP contribution in [0.1, 0.15) is 68.2 Å². The summed E-state index contributed by atoms with van der Waals surface area (Å²) in [6.07, 6.45) is 2.51. The van der Waals surface area contributed by atoms with Crippen LogP contribution < -0.4 is 11.1 Å². The van der Waals surface area contributed by atoms with E-state index in [1.165, 1.54) is 11.8 Å². The quantitative estimate of drug-likeness (QED) is 0.518. The van der Waals surface area contributed by atoms with Crippen LogP contribution in [0.15, 0.2) is 11.6 Å². The van der Waals surface area contributed by atoms with Crippen LogP contribution in [0.4, 0.5) is 0 Å². The van der Waals surface area contributed by atoms with E-state index in [2.05, 4.69) is 5.32 Å². The molecule has 0 rings (SSSR count). The van der Waals surface area contributed by atoms with Crippen molar-refractivity contribution in [3.63, 3.8) is 0 Å². The summed E-state index contributed by atoms with van der Waals surface area (Å²) in [5.74, 6) is -1.65. The minimum absolute atomic E-state index is 0.000507. The Balaban J connectivity index is 5.87. The number of nitrogens with zero attached hydrogens (tertiary/aromatic N) is 1. The number of carboxylic acids is 1. The van der Waals surface area contributed by atoms with Gasteiger partial charge < -0.3 is 21.1 Å². The van der Waals surface area contributed by atoms with Crippen molar-refractivity contribution in [2.45, 2.75) is 85.9 Å². The Morgan fingerprint density at radius 2 is 1.61 bits per heavy atom. The zero-order chi connectivity index (χ0) is 22.4. The number of nitrogens with one attached hydrogen (secondary N) is 1. The van der Waals surface area contributed by atoms with Gasteiger partial charge in [-0.25, -0.2) is 4.79 Å². The number of amides is 2. The highest BCUT2D eigenvalue weighted by molar-refractivity contribution is 5.92. The molecule has 0 spiro atoms. The van der Waals surface area contributed by atoms with Crippen LogP contribution >= 0.6 is 0 Å². The number of rotatable bonds is 9. The van der Waals surface area contributed by atoms with Crippen molar-refractivity contribution < 1.29 is 19.5 Å². The van der Waals surface area contributed by atoms with Gasteiger partial charge in [0.15, 0.2) is 0 Å². The molecule has 7 nitrogen and oxygen atoms in total. The first-order chi connectivity index (χ1) is 12.6. The number of carbonyl (C=O) groups is 3. The van der Waals surface area contributed by atoms with Gasteiger partial charge >= 0.3 is 5.97 Å². The summed E-state index contributed by atoms with van der Waals surface area (Å²) in [6, 6.07) is -1.20. The van der Waals surface area contributed by atoms with E-state index in [0.717, 1.165) is 0 Å². The molecule has 0 saturated heterocycles. The van der Waals surface area contributed by atoms with Gasteiger partial charge in [0.1, 0.15) is 6.04 Å². The van der Waals surface area contributed by atoms with Crippen molar-refractivity contribution in [3.05, 3.63) is 11.6 Å². The third-order valence-electron chi connectivity index (χ3n) is 5.34. The molecule has 162 valence electrons. The first-order valence-corrected chi connectivity index (χ1v) is 9.90. The molecule has 0 aromatic heterocycles. The Morgan fingerprint density at radius 1 is 1.14 bits per heavy atom. The molecule has 0 fully saturated rings. The third kappa shape index (κ3) is 6.62. The van der Waals surface area contributed by atoms with Crippen molar-refractivity contribution in [3.8, 4) is 0 Å². The fraction of sp³-hybridized carbons (Fsp3) is 0.762. The number of aliphatic carboxylic acids is 1. The van der Waals surface area contributed by atoms with Gasteiger partial charge in [-0.05, 0) is 31.1 Å². The maximum absolute atomic E-state index is 13.3. The van der Waals surface area contributed by atoms with E-state index in [9.17, 15) is 19.5 Å². The highest BCUT2D eigenvalue weighted by Gasteiger charge is 2.40. The maximum atomic E-state index is 13.3. The van der Waals surface area contributed by atoms with Crippen LogP contribution in [0.3, 0.4) is 0 Å². The minimum atomic E-state index is -1.03. The van der Waals surface area contributed by atoms with E-state index < -0.39 is 29.0 Å². The molecule has 2 amide bonds. The van der Waals surface area contributed by atoms with Crippen LogP contribution in [0.5, 0.6) is 0 Å². The number of hydrogen-bond acceptors (Lipinski definition) is 4. The molecule has 28 heavy (non-hydrogen) atoms. The van der Waals surface area contributed by atoms with Crippen LogP contribution in [-0.2, 0) is 14.4 Å². The molecular formula is C21H39N3O4. The smallest absolute Gasteiger partial charge is 0.331 e. The highest BCUT2D eigenvalue weighted by atomic mass is 16.4. The fourth-order valence-electron chi connectivity index (χ4n) is 2.92. The lowest BCUT2D eigenvalue weighted by Crippen LogP contribution is -2.62. The third-order valence-corrected chi connectivity index (χ3v) is 5.34. The second-order valence-electron chi connectivity index (χ2n) is 8.97. The molecule has 0 aliphatic heterocycles. The van der Waals surface area contributed by atoms with Gasteiger partial charge in [0.05, 0.1) is 11.6 Å². The molecule has 0 heterocycles. The molecule has 2 atom stereocenters. The average Bonchev–Trinajstić information content (AvgIpc) is 2.60. The molecular weight excluding hydrogens is 358 g/mol. The van der Waals surface area contributed by atoms with Crippen molar-refractivity contribution in [1.82, 2.24) is 10.2 Å². The monoisotopic (exact) mass is 397 g/mol. The Kier molecular flexibility index (Phi) is 9.37. The number of nitrogens with two attached hydrogens (primary N) is 1. The van der Waals surface area contributed by atoms with E-state index >= 15 is 0 Å². The Morgan fingerprint density at radius 3 is 1.93 bits per heavy atom. The summed E-state index contributed by atoms with van der Waals surface area (Å²) < 4.78 is 0. The van der Waals surface area contributed by atoms with Crippen molar-refractivity contribution in [1.29, 1.82) is 0 Å². The average molecular weight is 398 g/mol. The second kappa shape index (κ2) is 10.0. The summed E-state index contributed by atoms with van der Waals surface area (Å²) in [7, 11) is 1.64. The molecule has 0 unspecified atom stereocenters. The van der Waals surface area contributed by atoms with Crippen LogP contribution in [0.2, 0.25) is 0 Å². The first-order valence-electron chi connectivity index (χ1n) is 9.90. The van der Waals surface area contributed by atoms with E-state index in [1.807, 2.05) is 48.5 Å². The summed E-state index contributed by atoms with van der Waals surface area (Å²) in [5, 5.41) is 12.0. The lowest BCUT2D eigenvalue weighted by atomic mass is 9.83. The fourth-order valence-corrected chi connectivity index (χ4v) is 2.92. The zero-order valence-corrected chi connectivity index (χ0v) is 18.9. The number of carboxylic acid groups (broad SMARTS) is 1. The maximum Gasteiger partial charge on any atom is 0.331 e. The predicted octanol–water partition coefficient (Wildman–Crippen LogP) is 2.55. The van der Waals surface area contributed by atoms with Crippen molar-refractivity contribution >= 4 is 17.8 Å². The zero-order valence-electron chi connectivity index (χ0n) is 18.9. The first kappa shape index (κ1) is 26.1. The number of hydrogen-bond donors (Lipinski definition) is 3.